The summed E-state index contributed by atoms with van der Waals surface area (Å²) in [7, 11) is 0. The maximum Gasteiger partial charge on any atom is 0.255 e. The number of aromatic amines is 1. The Kier molecular flexibility index (Phi) is 5.85. The minimum Gasteiger partial charge on any atom is -0.361 e. The zero-order valence-corrected chi connectivity index (χ0v) is 18.5. The number of rotatable bonds is 3. The van der Waals surface area contributed by atoms with Gasteiger partial charge in [-0.3, -0.25) is 14.8 Å². The minimum atomic E-state index is -1.79. The van der Waals surface area contributed by atoms with E-state index in [4.69, 9.17) is 16.3 Å². The van der Waals surface area contributed by atoms with E-state index in [9.17, 15) is 23.1 Å². The van der Waals surface area contributed by atoms with Crippen LogP contribution >= 0.6 is 11.6 Å². The fraction of sp³-hybridized carbons (Fsp3) is 0.304. The molecule has 0 spiro atoms. The van der Waals surface area contributed by atoms with Crippen molar-refractivity contribution in [3.05, 3.63) is 76.3 Å². The Morgan fingerprint density at radius 2 is 2.00 bits per heavy atom. The molecular formula is C23H20ClF3N4O3. The highest BCUT2D eigenvalue weighted by molar-refractivity contribution is 6.36. The zero-order valence-electron chi connectivity index (χ0n) is 17.8. The second-order valence-electron chi connectivity index (χ2n) is 8.36. The van der Waals surface area contributed by atoms with Crippen LogP contribution in [0.1, 0.15) is 15.9 Å². The second kappa shape index (κ2) is 8.70. The summed E-state index contributed by atoms with van der Waals surface area (Å²) >= 11 is 6.47. The number of morpholine rings is 1. The van der Waals surface area contributed by atoms with Crippen molar-refractivity contribution in [2.24, 2.45) is 0 Å². The van der Waals surface area contributed by atoms with Gasteiger partial charge in [-0.15, -0.1) is 5.10 Å². The molecule has 3 aromatic rings. The molecule has 2 aliphatic heterocycles. The molecule has 1 amide bonds. The van der Waals surface area contributed by atoms with Gasteiger partial charge in [-0.1, -0.05) is 29.8 Å². The standard InChI is InChI=1S/C23H20ClF3N4O3/c24-20-15(17-9-28-29-21(17)27)2-1-3-16(20)22(32)30-6-7-31-12-23(33,34-11-14(31)10-30)13-4-5-18(25)19(26)8-13/h1-5,8-9,14,33H,6-7,10-12H2,(H,28,29)/t14-,23-/m0/s1. The lowest BCUT2D eigenvalue weighted by atomic mass is 9.99. The average Bonchev–Trinajstić information content (AvgIpc) is 3.25. The molecule has 0 unspecified atom stereocenters. The number of ether oxygens (including phenoxy) is 1. The van der Waals surface area contributed by atoms with Gasteiger partial charge in [0.05, 0.1) is 35.3 Å². The molecule has 2 fully saturated rings. The van der Waals surface area contributed by atoms with E-state index in [0.29, 0.717) is 25.2 Å². The van der Waals surface area contributed by atoms with Crippen LogP contribution in [0.2, 0.25) is 5.02 Å². The first-order valence-corrected chi connectivity index (χ1v) is 11.0. The molecule has 0 bridgehead atoms. The normalized spacial score (nSPS) is 23.1. The fourth-order valence-electron chi connectivity index (χ4n) is 4.45. The van der Waals surface area contributed by atoms with Gasteiger partial charge < -0.3 is 14.7 Å². The van der Waals surface area contributed by atoms with Gasteiger partial charge in [-0.25, -0.2) is 8.78 Å². The molecule has 2 saturated heterocycles. The Morgan fingerprint density at radius 1 is 1.18 bits per heavy atom. The van der Waals surface area contributed by atoms with Gasteiger partial charge in [-0.2, -0.15) is 4.39 Å². The van der Waals surface area contributed by atoms with E-state index in [1.807, 2.05) is 4.90 Å². The SMILES string of the molecule is O=C(c1cccc(-c2c[nH]nc2F)c1Cl)N1CCN2C[C@@](O)(c3ccc(F)c(F)c3)OC[C@@H]2C1. The molecule has 0 aliphatic carbocycles. The first-order chi connectivity index (χ1) is 16.3. The molecule has 2 atom stereocenters. The van der Waals surface area contributed by atoms with E-state index in [2.05, 4.69) is 10.2 Å². The van der Waals surface area contributed by atoms with Crippen LogP contribution in [0, 0.1) is 17.6 Å². The summed E-state index contributed by atoms with van der Waals surface area (Å²) in [5.41, 5.74) is 0.887. The van der Waals surface area contributed by atoms with E-state index >= 15 is 0 Å². The van der Waals surface area contributed by atoms with Gasteiger partial charge in [0.15, 0.2) is 11.6 Å². The quantitative estimate of drug-likeness (QED) is 0.587. The number of carbonyl (C=O) groups is 1. The molecule has 0 radical (unpaired) electrons. The Balaban J connectivity index is 1.31. The highest BCUT2D eigenvalue weighted by atomic mass is 35.5. The van der Waals surface area contributed by atoms with Gasteiger partial charge in [0.1, 0.15) is 0 Å². The number of benzene rings is 2. The molecule has 11 heteroatoms. The van der Waals surface area contributed by atoms with Crippen LogP contribution in [-0.2, 0) is 10.5 Å². The Labute approximate surface area is 197 Å². The first kappa shape index (κ1) is 22.9. The van der Waals surface area contributed by atoms with Gasteiger partial charge in [0.25, 0.3) is 5.91 Å². The lowest BCUT2D eigenvalue weighted by Gasteiger charge is -2.48. The smallest absolute Gasteiger partial charge is 0.255 e. The van der Waals surface area contributed by atoms with Crippen molar-refractivity contribution in [3.63, 3.8) is 0 Å². The molecule has 3 heterocycles. The summed E-state index contributed by atoms with van der Waals surface area (Å²) < 4.78 is 46.6. The molecule has 5 rings (SSSR count). The Hall–Kier alpha value is -2.92. The van der Waals surface area contributed by atoms with Crippen LogP contribution in [0.25, 0.3) is 11.1 Å². The van der Waals surface area contributed by atoms with Crippen molar-refractivity contribution in [3.8, 4) is 11.1 Å². The lowest BCUT2D eigenvalue weighted by Crippen LogP contribution is -2.63. The number of fused-ring (bicyclic) bond motifs is 1. The molecule has 1 aromatic heterocycles. The Morgan fingerprint density at radius 3 is 2.74 bits per heavy atom. The largest absolute Gasteiger partial charge is 0.361 e. The van der Waals surface area contributed by atoms with Crippen LogP contribution in [0.4, 0.5) is 13.2 Å². The number of nitrogens with zero attached hydrogens (tertiary/aromatic N) is 3. The van der Waals surface area contributed by atoms with Crippen molar-refractivity contribution >= 4 is 17.5 Å². The van der Waals surface area contributed by atoms with Crippen LogP contribution in [0.3, 0.4) is 0 Å². The molecule has 178 valence electrons. The highest BCUT2D eigenvalue weighted by Crippen LogP contribution is 2.34. The van der Waals surface area contributed by atoms with Crippen LogP contribution in [-0.4, -0.2) is 69.8 Å². The second-order valence-corrected chi connectivity index (χ2v) is 8.73. The summed E-state index contributed by atoms with van der Waals surface area (Å²) in [6.45, 7) is 1.21. The number of H-pyrrole nitrogens is 1. The number of carbonyl (C=O) groups excluding carboxylic acids is 1. The number of piperazine rings is 1. The van der Waals surface area contributed by atoms with Crippen molar-refractivity contribution in [2.75, 3.05) is 32.8 Å². The number of halogens is 4. The van der Waals surface area contributed by atoms with E-state index in [1.54, 1.807) is 23.1 Å². The third kappa shape index (κ3) is 3.96. The number of aromatic nitrogens is 2. The van der Waals surface area contributed by atoms with Gasteiger partial charge in [-0.05, 0) is 18.2 Å². The van der Waals surface area contributed by atoms with E-state index in [-0.39, 0.29) is 46.8 Å². The van der Waals surface area contributed by atoms with Crippen LogP contribution in [0.5, 0.6) is 0 Å². The van der Waals surface area contributed by atoms with Crippen molar-refractivity contribution in [1.29, 1.82) is 0 Å². The minimum absolute atomic E-state index is 0.0424. The highest BCUT2D eigenvalue weighted by Gasteiger charge is 2.43. The lowest BCUT2D eigenvalue weighted by molar-refractivity contribution is -0.265. The first-order valence-electron chi connectivity index (χ1n) is 10.6. The molecule has 2 N–H and O–H groups in total. The number of aliphatic hydroxyl groups is 1. The average molecular weight is 493 g/mol. The number of hydrogen-bond donors (Lipinski definition) is 2. The molecule has 2 aliphatic rings. The van der Waals surface area contributed by atoms with E-state index < -0.39 is 23.4 Å². The molecular weight excluding hydrogens is 473 g/mol. The fourth-order valence-corrected chi connectivity index (χ4v) is 4.76. The van der Waals surface area contributed by atoms with Crippen molar-refractivity contribution in [2.45, 2.75) is 11.8 Å². The molecule has 7 nitrogen and oxygen atoms in total. The Bertz CT molecular complexity index is 1260. The van der Waals surface area contributed by atoms with Crippen molar-refractivity contribution in [1.82, 2.24) is 20.0 Å². The van der Waals surface area contributed by atoms with E-state index in [0.717, 1.165) is 12.1 Å². The van der Waals surface area contributed by atoms with Crippen LogP contribution < -0.4 is 0 Å². The molecule has 34 heavy (non-hydrogen) atoms. The summed E-state index contributed by atoms with van der Waals surface area (Å²) in [5.74, 6) is -4.89. The summed E-state index contributed by atoms with van der Waals surface area (Å²) in [6, 6.07) is 7.77. The summed E-state index contributed by atoms with van der Waals surface area (Å²) in [5, 5.41) is 17.0. The summed E-state index contributed by atoms with van der Waals surface area (Å²) in [6.07, 6.45) is 1.37. The topological polar surface area (TPSA) is 81.7 Å². The third-order valence-corrected chi connectivity index (χ3v) is 6.71. The predicted molar refractivity (Wildman–Crippen MR) is 116 cm³/mol. The number of nitrogens with one attached hydrogen (secondary N) is 1. The van der Waals surface area contributed by atoms with Gasteiger partial charge in [0.2, 0.25) is 11.7 Å². The monoisotopic (exact) mass is 492 g/mol. The van der Waals surface area contributed by atoms with Crippen molar-refractivity contribution < 1.29 is 27.8 Å². The zero-order chi connectivity index (χ0) is 24.0. The maximum atomic E-state index is 13.9. The molecule has 0 saturated carbocycles. The van der Waals surface area contributed by atoms with Gasteiger partial charge in [0, 0.05) is 37.0 Å². The number of amides is 1. The van der Waals surface area contributed by atoms with Gasteiger partial charge >= 0.3 is 0 Å². The maximum absolute atomic E-state index is 13.9. The third-order valence-electron chi connectivity index (χ3n) is 6.31. The van der Waals surface area contributed by atoms with E-state index in [1.165, 1.54) is 12.3 Å². The number of hydrogen-bond acceptors (Lipinski definition) is 5. The summed E-state index contributed by atoms with van der Waals surface area (Å²) in [4.78, 5) is 16.8. The molecule has 2 aromatic carbocycles. The predicted octanol–water partition coefficient (Wildman–Crippen LogP) is 3.15. The van der Waals surface area contributed by atoms with Crippen LogP contribution in [0.15, 0.2) is 42.6 Å².